The van der Waals surface area contributed by atoms with E-state index < -0.39 is 0 Å². The molecule has 0 bridgehead atoms. The first-order chi connectivity index (χ1) is 8.83. The van der Waals surface area contributed by atoms with Gasteiger partial charge in [0.1, 0.15) is 0 Å². The highest BCUT2D eigenvalue weighted by atomic mass is 14.9. The van der Waals surface area contributed by atoms with Crippen LogP contribution in [0.15, 0.2) is 66.3 Å². The number of benzene rings is 2. The number of nitrogens with one attached hydrogen (secondary N) is 1. The Morgan fingerprint density at radius 3 is 2.72 bits per heavy atom. The monoisotopic (exact) mass is 235 g/mol. The smallest absolute Gasteiger partial charge is 0.0482 e. The molecule has 0 radical (unpaired) electrons. The van der Waals surface area contributed by atoms with Gasteiger partial charge >= 0.3 is 0 Å². The summed E-state index contributed by atoms with van der Waals surface area (Å²) in [5, 5.41) is 6.19. The first-order valence-corrected chi connectivity index (χ1v) is 6.42. The summed E-state index contributed by atoms with van der Waals surface area (Å²) in [4.78, 5) is 0. The van der Waals surface area contributed by atoms with Crippen LogP contribution < -0.4 is 5.32 Å². The highest BCUT2D eigenvalue weighted by molar-refractivity contribution is 5.93. The Bertz CT molecular complexity index is 617. The molecular weight excluding hydrogens is 218 g/mol. The molecule has 0 fully saturated rings. The number of anilines is 1. The number of allylic oxidation sites excluding steroid dienone is 2. The van der Waals surface area contributed by atoms with Gasteiger partial charge in [0.15, 0.2) is 0 Å². The highest BCUT2D eigenvalue weighted by Crippen LogP contribution is 2.25. The van der Waals surface area contributed by atoms with E-state index in [9.17, 15) is 0 Å². The van der Waals surface area contributed by atoms with Crippen LogP contribution in [0, 0.1) is 0 Å². The van der Waals surface area contributed by atoms with Crippen molar-refractivity contribution in [2.45, 2.75) is 19.4 Å². The standard InChI is InChI=1S/C17H17N/c1-13-9-11-15(12-10-13)18-17-8-4-6-14-5-2-3-7-16(14)17/h2-11,15,18H,12H2,1H3. The Balaban J connectivity index is 1.89. The van der Waals surface area contributed by atoms with Crippen LogP contribution in [0.2, 0.25) is 0 Å². The highest BCUT2D eigenvalue weighted by Gasteiger charge is 2.08. The fraction of sp³-hybridized carbons (Fsp3) is 0.176. The molecule has 0 heterocycles. The first kappa shape index (κ1) is 11.1. The van der Waals surface area contributed by atoms with Crippen molar-refractivity contribution >= 4 is 16.5 Å². The lowest BCUT2D eigenvalue weighted by atomic mass is 10.0. The maximum Gasteiger partial charge on any atom is 0.0482 e. The third-order valence-electron chi connectivity index (χ3n) is 3.42. The Morgan fingerprint density at radius 1 is 1.06 bits per heavy atom. The number of rotatable bonds is 2. The summed E-state index contributed by atoms with van der Waals surface area (Å²) >= 11 is 0. The van der Waals surface area contributed by atoms with Crippen LogP contribution in [-0.2, 0) is 0 Å². The largest absolute Gasteiger partial charge is 0.378 e. The minimum atomic E-state index is 0.402. The van der Waals surface area contributed by atoms with Gasteiger partial charge in [0.25, 0.3) is 0 Å². The van der Waals surface area contributed by atoms with Crippen LogP contribution in [0.4, 0.5) is 5.69 Å². The van der Waals surface area contributed by atoms with E-state index in [4.69, 9.17) is 0 Å². The molecule has 90 valence electrons. The van der Waals surface area contributed by atoms with E-state index in [1.165, 1.54) is 22.0 Å². The summed E-state index contributed by atoms with van der Waals surface area (Å²) in [6.07, 6.45) is 7.78. The van der Waals surface area contributed by atoms with Crippen molar-refractivity contribution in [1.29, 1.82) is 0 Å². The number of fused-ring (bicyclic) bond motifs is 1. The Hall–Kier alpha value is -2.02. The van der Waals surface area contributed by atoms with E-state index in [1.54, 1.807) is 0 Å². The lowest BCUT2D eigenvalue weighted by molar-refractivity contribution is 0.875. The van der Waals surface area contributed by atoms with E-state index in [2.05, 4.69) is 72.9 Å². The molecule has 18 heavy (non-hydrogen) atoms. The zero-order valence-corrected chi connectivity index (χ0v) is 10.6. The second-order valence-corrected chi connectivity index (χ2v) is 4.82. The molecule has 2 aromatic carbocycles. The zero-order chi connectivity index (χ0) is 12.4. The Morgan fingerprint density at radius 2 is 1.89 bits per heavy atom. The maximum absolute atomic E-state index is 3.61. The molecule has 0 saturated carbocycles. The van der Waals surface area contributed by atoms with E-state index in [0.717, 1.165) is 6.42 Å². The van der Waals surface area contributed by atoms with Gasteiger partial charge in [-0.25, -0.2) is 0 Å². The van der Waals surface area contributed by atoms with Gasteiger partial charge < -0.3 is 5.32 Å². The average molecular weight is 235 g/mol. The topological polar surface area (TPSA) is 12.0 Å². The van der Waals surface area contributed by atoms with Crippen molar-refractivity contribution in [2.75, 3.05) is 5.32 Å². The fourth-order valence-corrected chi connectivity index (χ4v) is 2.39. The summed E-state index contributed by atoms with van der Waals surface area (Å²) in [6, 6.07) is 15.3. The van der Waals surface area contributed by atoms with Crippen LogP contribution in [0.1, 0.15) is 13.3 Å². The van der Waals surface area contributed by atoms with E-state index in [0.29, 0.717) is 6.04 Å². The predicted octanol–water partition coefficient (Wildman–Crippen LogP) is 4.53. The van der Waals surface area contributed by atoms with Crippen LogP contribution in [0.25, 0.3) is 10.8 Å². The predicted molar refractivity (Wildman–Crippen MR) is 78.9 cm³/mol. The molecule has 1 atom stereocenters. The minimum absolute atomic E-state index is 0.402. The van der Waals surface area contributed by atoms with Crippen molar-refractivity contribution in [3.8, 4) is 0 Å². The van der Waals surface area contributed by atoms with Gasteiger partial charge in [-0.05, 0) is 24.8 Å². The third kappa shape index (κ3) is 2.17. The summed E-state index contributed by atoms with van der Waals surface area (Å²) in [5.74, 6) is 0. The van der Waals surface area contributed by atoms with Crippen molar-refractivity contribution in [1.82, 2.24) is 0 Å². The third-order valence-corrected chi connectivity index (χ3v) is 3.42. The molecular formula is C17H17N. The van der Waals surface area contributed by atoms with Crippen molar-refractivity contribution in [3.63, 3.8) is 0 Å². The van der Waals surface area contributed by atoms with Crippen molar-refractivity contribution in [2.24, 2.45) is 0 Å². The molecule has 2 aromatic rings. The van der Waals surface area contributed by atoms with Gasteiger partial charge in [0.05, 0.1) is 0 Å². The molecule has 3 rings (SSSR count). The van der Waals surface area contributed by atoms with E-state index >= 15 is 0 Å². The zero-order valence-electron chi connectivity index (χ0n) is 10.6. The molecule has 1 aliphatic carbocycles. The maximum atomic E-state index is 3.61. The van der Waals surface area contributed by atoms with Gasteiger partial charge in [0.2, 0.25) is 0 Å². The molecule has 0 spiro atoms. The van der Waals surface area contributed by atoms with Crippen LogP contribution >= 0.6 is 0 Å². The molecule has 0 amide bonds. The summed E-state index contributed by atoms with van der Waals surface area (Å²) in [7, 11) is 0. The summed E-state index contributed by atoms with van der Waals surface area (Å²) < 4.78 is 0. The normalized spacial score (nSPS) is 18.7. The molecule has 0 aliphatic heterocycles. The molecule has 1 nitrogen and oxygen atoms in total. The second-order valence-electron chi connectivity index (χ2n) is 4.82. The summed E-state index contributed by atoms with van der Waals surface area (Å²) in [5.41, 5.74) is 2.57. The Labute approximate surface area is 108 Å². The molecule has 1 aliphatic rings. The van der Waals surface area contributed by atoms with Crippen molar-refractivity contribution < 1.29 is 0 Å². The lowest BCUT2D eigenvalue weighted by Crippen LogP contribution is -2.17. The van der Waals surface area contributed by atoms with Crippen LogP contribution in [0.5, 0.6) is 0 Å². The van der Waals surface area contributed by atoms with E-state index in [-0.39, 0.29) is 0 Å². The van der Waals surface area contributed by atoms with Crippen molar-refractivity contribution in [3.05, 3.63) is 66.3 Å². The van der Waals surface area contributed by atoms with E-state index in [1.807, 2.05) is 0 Å². The quantitative estimate of drug-likeness (QED) is 0.806. The second kappa shape index (κ2) is 4.69. The van der Waals surface area contributed by atoms with Gasteiger partial charge in [0, 0.05) is 17.1 Å². The van der Waals surface area contributed by atoms with Crippen LogP contribution in [-0.4, -0.2) is 6.04 Å². The fourth-order valence-electron chi connectivity index (χ4n) is 2.39. The molecule has 1 N–H and O–H groups in total. The van der Waals surface area contributed by atoms with Gasteiger partial charge in [-0.1, -0.05) is 60.2 Å². The number of hydrogen-bond acceptors (Lipinski definition) is 1. The lowest BCUT2D eigenvalue weighted by Gasteiger charge is -2.19. The van der Waals surface area contributed by atoms with Crippen LogP contribution in [0.3, 0.4) is 0 Å². The molecule has 1 unspecified atom stereocenters. The number of hydrogen-bond donors (Lipinski definition) is 1. The SMILES string of the molecule is CC1=CCC(Nc2cccc3ccccc23)C=C1. The van der Waals surface area contributed by atoms with Gasteiger partial charge in [-0.15, -0.1) is 0 Å². The molecule has 0 saturated heterocycles. The molecule has 1 heteroatoms. The first-order valence-electron chi connectivity index (χ1n) is 6.42. The van der Waals surface area contributed by atoms with Gasteiger partial charge in [-0.2, -0.15) is 0 Å². The van der Waals surface area contributed by atoms with Gasteiger partial charge in [-0.3, -0.25) is 0 Å². The Kier molecular flexibility index (Phi) is 2.89. The summed E-state index contributed by atoms with van der Waals surface area (Å²) in [6.45, 7) is 2.14. The minimum Gasteiger partial charge on any atom is -0.378 e. The molecule has 0 aromatic heterocycles. The average Bonchev–Trinajstić information content (AvgIpc) is 2.42.